The van der Waals surface area contributed by atoms with Crippen molar-refractivity contribution in [1.29, 1.82) is 0 Å². The highest BCUT2D eigenvalue weighted by molar-refractivity contribution is 7.80. The van der Waals surface area contributed by atoms with Crippen LogP contribution in [0.15, 0.2) is 42.5 Å². The van der Waals surface area contributed by atoms with Crippen LogP contribution >= 0.6 is 23.8 Å². The number of hydrogen-bond acceptors (Lipinski definition) is 3. The molecular weight excluding hydrogens is 380 g/mol. The van der Waals surface area contributed by atoms with Gasteiger partial charge in [0.05, 0.1) is 23.2 Å². The number of esters is 1. The zero-order valence-electron chi connectivity index (χ0n) is 16.0. The first-order chi connectivity index (χ1) is 12.8. The maximum absolute atomic E-state index is 11.8. The Hall–Kier alpha value is -2.11. The lowest BCUT2D eigenvalue weighted by molar-refractivity contribution is 0.0526. The van der Waals surface area contributed by atoms with Gasteiger partial charge in [-0.2, -0.15) is 0 Å². The third kappa shape index (κ3) is 5.68. The lowest BCUT2D eigenvalue weighted by Gasteiger charge is -2.26. The summed E-state index contributed by atoms with van der Waals surface area (Å²) in [6.45, 7) is 8.45. The molecule has 1 atom stereocenters. The Balaban J connectivity index is 2.11. The topological polar surface area (TPSA) is 50.4 Å². The Labute approximate surface area is 171 Å². The van der Waals surface area contributed by atoms with Crippen LogP contribution in [-0.4, -0.2) is 17.7 Å². The molecule has 0 saturated carbocycles. The van der Waals surface area contributed by atoms with Gasteiger partial charge in [0.25, 0.3) is 0 Å². The van der Waals surface area contributed by atoms with E-state index in [2.05, 4.69) is 43.5 Å². The van der Waals surface area contributed by atoms with Gasteiger partial charge in [-0.3, -0.25) is 0 Å². The highest BCUT2D eigenvalue weighted by Crippen LogP contribution is 2.25. The largest absolute Gasteiger partial charge is 0.462 e. The second-order valence-corrected chi connectivity index (χ2v) is 7.41. The predicted octanol–water partition coefficient (Wildman–Crippen LogP) is 5.51. The van der Waals surface area contributed by atoms with E-state index in [-0.39, 0.29) is 6.04 Å². The molecule has 4 nitrogen and oxygen atoms in total. The van der Waals surface area contributed by atoms with Crippen molar-refractivity contribution in [2.45, 2.75) is 33.7 Å². The van der Waals surface area contributed by atoms with Gasteiger partial charge in [-0.15, -0.1) is 0 Å². The third-order valence-corrected chi connectivity index (χ3v) is 4.73. The van der Waals surface area contributed by atoms with Gasteiger partial charge >= 0.3 is 5.97 Å². The fraction of sp³-hybridized carbons (Fsp3) is 0.333. The van der Waals surface area contributed by atoms with E-state index < -0.39 is 5.97 Å². The number of anilines is 1. The molecule has 0 fully saturated rings. The van der Waals surface area contributed by atoms with Crippen LogP contribution in [0.4, 0.5) is 5.69 Å². The molecule has 0 spiro atoms. The Morgan fingerprint density at radius 1 is 1.22 bits per heavy atom. The summed E-state index contributed by atoms with van der Waals surface area (Å²) in [6, 6.07) is 13.4. The molecule has 0 radical (unpaired) electrons. The highest BCUT2D eigenvalue weighted by Gasteiger charge is 2.19. The molecule has 0 amide bonds. The van der Waals surface area contributed by atoms with Crippen LogP contribution in [0.25, 0.3) is 0 Å². The number of carbonyl (C=O) groups excluding carboxylic acids is 1. The summed E-state index contributed by atoms with van der Waals surface area (Å²) in [6.07, 6.45) is 0. The second kappa shape index (κ2) is 9.72. The maximum Gasteiger partial charge on any atom is 0.339 e. The molecule has 144 valence electrons. The van der Waals surface area contributed by atoms with E-state index in [0.717, 1.165) is 0 Å². The number of thiocarbonyl (C=S) groups is 1. The molecule has 2 N–H and O–H groups in total. The highest BCUT2D eigenvalue weighted by atomic mass is 35.5. The summed E-state index contributed by atoms with van der Waals surface area (Å²) in [4.78, 5) is 11.8. The molecule has 27 heavy (non-hydrogen) atoms. The Kier molecular flexibility index (Phi) is 7.63. The van der Waals surface area contributed by atoms with Crippen molar-refractivity contribution in [2.24, 2.45) is 5.92 Å². The van der Waals surface area contributed by atoms with Crippen LogP contribution in [0.1, 0.15) is 48.3 Å². The molecule has 2 aromatic carbocycles. The summed E-state index contributed by atoms with van der Waals surface area (Å²) in [5.41, 5.74) is 3.47. The number of rotatable bonds is 6. The van der Waals surface area contributed by atoms with Crippen LogP contribution < -0.4 is 10.6 Å². The zero-order valence-corrected chi connectivity index (χ0v) is 17.6. The van der Waals surface area contributed by atoms with E-state index in [1.807, 2.05) is 12.1 Å². The number of nitrogens with one attached hydrogen (secondary N) is 2. The summed E-state index contributed by atoms with van der Waals surface area (Å²) in [5, 5.41) is 7.34. The van der Waals surface area contributed by atoms with E-state index >= 15 is 0 Å². The van der Waals surface area contributed by atoms with Crippen LogP contribution in [-0.2, 0) is 4.74 Å². The molecule has 0 aliphatic carbocycles. The van der Waals surface area contributed by atoms with Gasteiger partial charge in [-0.25, -0.2) is 4.79 Å². The summed E-state index contributed by atoms with van der Waals surface area (Å²) in [7, 11) is 0. The average molecular weight is 405 g/mol. The van der Waals surface area contributed by atoms with Crippen molar-refractivity contribution in [2.75, 3.05) is 11.9 Å². The van der Waals surface area contributed by atoms with Gasteiger partial charge in [0, 0.05) is 5.69 Å². The predicted molar refractivity (Wildman–Crippen MR) is 116 cm³/mol. The van der Waals surface area contributed by atoms with Gasteiger partial charge in [0.2, 0.25) is 0 Å². The Bertz CT molecular complexity index is 824. The Morgan fingerprint density at radius 3 is 2.52 bits per heavy atom. The molecule has 0 unspecified atom stereocenters. The molecule has 0 aliphatic rings. The first kappa shape index (κ1) is 21.2. The van der Waals surface area contributed by atoms with Crippen molar-refractivity contribution >= 4 is 40.6 Å². The maximum atomic E-state index is 11.8. The van der Waals surface area contributed by atoms with E-state index in [9.17, 15) is 4.79 Å². The van der Waals surface area contributed by atoms with E-state index in [1.54, 1.807) is 25.1 Å². The van der Waals surface area contributed by atoms with Gasteiger partial charge in [0.15, 0.2) is 5.11 Å². The molecule has 6 heteroatoms. The molecule has 2 aromatic rings. The average Bonchev–Trinajstić information content (AvgIpc) is 2.60. The fourth-order valence-corrected chi connectivity index (χ4v) is 3.32. The number of benzene rings is 2. The minimum Gasteiger partial charge on any atom is -0.462 e. The van der Waals surface area contributed by atoms with Crippen molar-refractivity contribution in [3.8, 4) is 0 Å². The van der Waals surface area contributed by atoms with Gasteiger partial charge in [-0.05, 0) is 61.3 Å². The second-order valence-electron chi connectivity index (χ2n) is 6.59. The van der Waals surface area contributed by atoms with Gasteiger partial charge < -0.3 is 15.4 Å². The van der Waals surface area contributed by atoms with E-state index in [1.165, 1.54) is 11.1 Å². The normalized spacial score (nSPS) is 11.8. The molecule has 0 heterocycles. The summed E-state index contributed by atoms with van der Waals surface area (Å²) >= 11 is 11.7. The van der Waals surface area contributed by atoms with Crippen molar-refractivity contribution in [3.05, 3.63) is 64.2 Å². The quantitative estimate of drug-likeness (QED) is 0.491. The summed E-state index contributed by atoms with van der Waals surface area (Å²) < 4.78 is 4.99. The minimum absolute atomic E-state index is 0.0838. The number of ether oxygens (including phenoxy) is 1. The fourth-order valence-electron chi connectivity index (χ4n) is 2.81. The Morgan fingerprint density at radius 2 is 1.93 bits per heavy atom. The summed E-state index contributed by atoms with van der Waals surface area (Å²) in [5.74, 6) is -0.0881. The van der Waals surface area contributed by atoms with Crippen LogP contribution in [0, 0.1) is 12.8 Å². The molecule has 2 rings (SSSR count). The SMILES string of the molecule is CCOC(=O)c1ccc(NC(=S)N[C@H](c2ccccc2C)C(C)C)cc1Cl. The lowest BCUT2D eigenvalue weighted by Crippen LogP contribution is -2.35. The van der Waals surface area contributed by atoms with Crippen LogP contribution in [0.5, 0.6) is 0 Å². The number of aryl methyl sites for hydroxylation is 1. The first-order valence-electron chi connectivity index (χ1n) is 8.93. The molecule has 0 aromatic heterocycles. The number of carbonyl (C=O) groups is 1. The van der Waals surface area contributed by atoms with Gasteiger partial charge in [0.1, 0.15) is 0 Å². The van der Waals surface area contributed by atoms with Crippen molar-refractivity contribution in [1.82, 2.24) is 5.32 Å². The molecule has 0 saturated heterocycles. The van der Waals surface area contributed by atoms with E-state index in [0.29, 0.717) is 33.9 Å². The van der Waals surface area contributed by atoms with Crippen molar-refractivity contribution < 1.29 is 9.53 Å². The standard InChI is InChI=1S/C21H25ClN2O2S/c1-5-26-20(25)17-11-10-15(12-18(17)22)23-21(27)24-19(13(2)3)16-9-7-6-8-14(16)4/h6-13,19H,5H2,1-4H3,(H2,23,24,27)/t19-/m0/s1. The monoisotopic (exact) mass is 404 g/mol. The molecular formula is C21H25ClN2O2S. The van der Waals surface area contributed by atoms with Crippen molar-refractivity contribution in [3.63, 3.8) is 0 Å². The van der Waals surface area contributed by atoms with Gasteiger partial charge in [-0.1, -0.05) is 49.7 Å². The lowest BCUT2D eigenvalue weighted by atomic mass is 9.93. The van der Waals surface area contributed by atoms with Crippen LogP contribution in [0.2, 0.25) is 5.02 Å². The number of halogens is 1. The zero-order chi connectivity index (χ0) is 20.0. The first-order valence-corrected chi connectivity index (χ1v) is 9.71. The molecule has 0 bridgehead atoms. The molecule has 0 aliphatic heterocycles. The minimum atomic E-state index is -0.436. The third-order valence-electron chi connectivity index (χ3n) is 4.20. The van der Waals surface area contributed by atoms with E-state index in [4.69, 9.17) is 28.6 Å². The van der Waals surface area contributed by atoms with Crippen LogP contribution in [0.3, 0.4) is 0 Å². The number of hydrogen-bond donors (Lipinski definition) is 2. The smallest absolute Gasteiger partial charge is 0.339 e.